The average Bonchev–Trinajstić information content (AvgIpc) is 2.62. The largest absolute Gasteiger partial charge is 0.306 e. The summed E-state index contributed by atoms with van der Waals surface area (Å²) < 4.78 is 2.34. The molecule has 8 heteroatoms. The molecule has 0 amide bonds. The third-order valence-electron chi connectivity index (χ3n) is 4.51. The van der Waals surface area contributed by atoms with Crippen LogP contribution in [0.5, 0.6) is 0 Å². The summed E-state index contributed by atoms with van der Waals surface area (Å²) in [5.74, 6) is 0.438. The molecule has 1 aromatic heterocycles. The number of aromatic nitrogens is 2. The monoisotopic (exact) mass is 414 g/mol. The Balaban J connectivity index is 2.01. The summed E-state index contributed by atoms with van der Waals surface area (Å²) in [6.45, 7) is 3.03. The van der Waals surface area contributed by atoms with Crippen molar-refractivity contribution in [3.63, 3.8) is 0 Å². The number of nitro groups is 1. The number of fused-ring (bicyclic) bond motifs is 2. The highest BCUT2D eigenvalue weighted by Crippen LogP contribution is 2.35. The standard InChI is InChI=1S/C18H15BrN4O3/c1-11-9-12-16(13(19)10-11)20-18-21(7-4-8-22(18)17(12)24)14-5-2-3-6-15(14)23(25)26/h2-3,5-6,9-10H,4,7-8H2,1H3. The predicted molar refractivity (Wildman–Crippen MR) is 103 cm³/mol. The van der Waals surface area contributed by atoms with Gasteiger partial charge in [-0.1, -0.05) is 12.1 Å². The third kappa shape index (κ3) is 2.57. The van der Waals surface area contributed by atoms with Gasteiger partial charge in [-0.25, -0.2) is 4.98 Å². The van der Waals surface area contributed by atoms with Gasteiger partial charge in [0.1, 0.15) is 5.69 Å². The minimum atomic E-state index is -0.410. The van der Waals surface area contributed by atoms with Gasteiger partial charge in [-0.3, -0.25) is 19.5 Å². The minimum absolute atomic E-state index is 0.00160. The lowest BCUT2D eigenvalue weighted by atomic mass is 10.1. The van der Waals surface area contributed by atoms with E-state index < -0.39 is 4.92 Å². The Morgan fingerprint density at radius 2 is 2.00 bits per heavy atom. The van der Waals surface area contributed by atoms with Gasteiger partial charge in [0.2, 0.25) is 5.95 Å². The number of hydrogen-bond donors (Lipinski definition) is 0. The predicted octanol–water partition coefficient (Wildman–Crippen LogP) is 3.92. The molecule has 0 unspecified atom stereocenters. The van der Waals surface area contributed by atoms with Crippen molar-refractivity contribution in [1.29, 1.82) is 0 Å². The van der Waals surface area contributed by atoms with Crippen molar-refractivity contribution in [1.82, 2.24) is 9.55 Å². The van der Waals surface area contributed by atoms with Crippen molar-refractivity contribution in [2.24, 2.45) is 0 Å². The maximum Gasteiger partial charge on any atom is 0.292 e. The van der Waals surface area contributed by atoms with E-state index in [1.165, 1.54) is 6.07 Å². The van der Waals surface area contributed by atoms with Crippen molar-refractivity contribution >= 4 is 44.2 Å². The molecule has 2 aromatic carbocycles. The zero-order valence-corrected chi connectivity index (χ0v) is 15.6. The topological polar surface area (TPSA) is 81.3 Å². The Hall–Kier alpha value is -2.74. The molecule has 0 aliphatic carbocycles. The Morgan fingerprint density at radius 3 is 2.77 bits per heavy atom. The Kier molecular flexibility index (Phi) is 3.99. The average molecular weight is 415 g/mol. The van der Waals surface area contributed by atoms with Crippen LogP contribution in [-0.2, 0) is 6.54 Å². The first kappa shape index (κ1) is 16.7. The van der Waals surface area contributed by atoms with E-state index in [2.05, 4.69) is 15.9 Å². The van der Waals surface area contributed by atoms with Crippen LogP contribution in [0.25, 0.3) is 10.9 Å². The molecule has 0 atom stereocenters. The molecule has 132 valence electrons. The number of aryl methyl sites for hydroxylation is 1. The van der Waals surface area contributed by atoms with E-state index in [0.717, 1.165) is 10.0 Å². The van der Waals surface area contributed by atoms with Gasteiger partial charge in [0, 0.05) is 23.6 Å². The smallest absolute Gasteiger partial charge is 0.292 e. The lowest BCUT2D eigenvalue weighted by Crippen LogP contribution is -2.36. The fourth-order valence-corrected chi connectivity index (χ4v) is 4.04. The maximum atomic E-state index is 13.0. The number of hydrogen-bond acceptors (Lipinski definition) is 5. The van der Waals surface area contributed by atoms with Gasteiger partial charge in [-0.15, -0.1) is 0 Å². The highest BCUT2D eigenvalue weighted by Gasteiger charge is 2.27. The normalized spacial score (nSPS) is 13.7. The number of benzene rings is 2. The number of halogens is 1. The van der Waals surface area contributed by atoms with E-state index >= 15 is 0 Å². The lowest BCUT2D eigenvalue weighted by molar-refractivity contribution is -0.384. The summed E-state index contributed by atoms with van der Waals surface area (Å²) in [6, 6.07) is 10.3. The van der Waals surface area contributed by atoms with Gasteiger partial charge in [-0.05, 0) is 53.0 Å². The molecular formula is C18H15BrN4O3. The van der Waals surface area contributed by atoms with E-state index in [0.29, 0.717) is 42.0 Å². The third-order valence-corrected chi connectivity index (χ3v) is 5.12. The molecule has 1 aliphatic heterocycles. The molecule has 0 bridgehead atoms. The Labute approximate surface area is 157 Å². The highest BCUT2D eigenvalue weighted by atomic mass is 79.9. The fraction of sp³-hybridized carbons (Fsp3) is 0.222. The molecule has 7 nitrogen and oxygen atoms in total. The molecule has 4 rings (SSSR count). The fourth-order valence-electron chi connectivity index (χ4n) is 3.38. The summed E-state index contributed by atoms with van der Waals surface area (Å²) in [5, 5.41) is 12.0. The van der Waals surface area contributed by atoms with Crippen LogP contribution in [0, 0.1) is 17.0 Å². The molecule has 26 heavy (non-hydrogen) atoms. The van der Waals surface area contributed by atoms with Crippen molar-refractivity contribution in [2.75, 3.05) is 11.4 Å². The molecule has 0 saturated heterocycles. The zero-order valence-electron chi connectivity index (χ0n) is 14.0. The molecule has 1 aliphatic rings. The SMILES string of the molecule is Cc1cc(Br)c2nc3n(c(=O)c2c1)CCCN3c1ccccc1[N+](=O)[O-]. The summed E-state index contributed by atoms with van der Waals surface area (Å²) in [6.07, 6.45) is 0.707. The van der Waals surface area contributed by atoms with E-state index in [9.17, 15) is 14.9 Å². The molecule has 3 aromatic rings. The van der Waals surface area contributed by atoms with Gasteiger partial charge in [0.15, 0.2) is 0 Å². The van der Waals surface area contributed by atoms with E-state index in [4.69, 9.17) is 4.98 Å². The highest BCUT2D eigenvalue weighted by molar-refractivity contribution is 9.10. The van der Waals surface area contributed by atoms with Gasteiger partial charge in [0.25, 0.3) is 11.2 Å². The summed E-state index contributed by atoms with van der Waals surface area (Å²) >= 11 is 3.49. The molecular weight excluding hydrogens is 400 g/mol. The van der Waals surface area contributed by atoms with Crippen LogP contribution >= 0.6 is 15.9 Å². The van der Waals surface area contributed by atoms with Crippen LogP contribution in [0.4, 0.5) is 17.3 Å². The van der Waals surface area contributed by atoms with E-state index in [-0.39, 0.29) is 11.2 Å². The van der Waals surface area contributed by atoms with Crippen molar-refractivity contribution in [2.45, 2.75) is 19.9 Å². The lowest BCUT2D eigenvalue weighted by Gasteiger charge is -2.30. The summed E-state index contributed by atoms with van der Waals surface area (Å²) in [7, 11) is 0. The van der Waals surface area contributed by atoms with Gasteiger partial charge in [0.05, 0.1) is 15.8 Å². The van der Waals surface area contributed by atoms with E-state index in [1.807, 2.05) is 19.1 Å². The maximum absolute atomic E-state index is 13.0. The number of rotatable bonds is 2. The first-order chi connectivity index (χ1) is 12.5. The molecule has 0 N–H and O–H groups in total. The number of para-hydroxylation sites is 2. The second-order valence-corrected chi connectivity index (χ2v) is 7.12. The Morgan fingerprint density at radius 1 is 1.23 bits per heavy atom. The zero-order chi connectivity index (χ0) is 18.4. The summed E-state index contributed by atoms with van der Waals surface area (Å²) in [4.78, 5) is 30.5. The van der Waals surface area contributed by atoms with E-state index in [1.54, 1.807) is 27.7 Å². The van der Waals surface area contributed by atoms with Crippen LogP contribution < -0.4 is 10.5 Å². The molecule has 2 heterocycles. The van der Waals surface area contributed by atoms with Gasteiger partial charge < -0.3 is 4.90 Å². The molecule has 0 saturated carbocycles. The van der Waals surface area contributed by atoms with Crippen molar-refractivity contribution in [3.05, 3.63) is 66.9 Å². The quantitative estimate of drug-likeness (QED) is 0.468. The molecule has 0 radical (unpaired) electrons. The van der Waals surface area contributed by atoms with Crippen molar-refractivity contribution < 1.29 is 4.92 Å². The minimum Gasteiger partial charge on any atom is -0.306 e. The summed E-state index contributed by atoms with van der Waals surface area (Å²) in [5.41, 5.74) is 1.85. The second kappa shape index (κ2) is 6.21. The van der Waals surface area contributed by atoms with Gasteiger partial charge in [-0.2, -0.15) is 0 Å². The van der Waals surface area contributed by atoms with Crippen LogP contribution in [0.3, 0.4) is 0 Å². The van der Waals surface area contributed by atoms with Crippen LogP contribution in [-0.4, -0.2) is 21.0 Å². The Bertz CT molecular complexity index is 1110. The van der Waals surface area contributed by atoms with Crippen LogP contribution in [0.1, 0.15) is 12.0 Å². The molecule has 0 spiro atoms. The first-order valence-electron chi connectivity index (χ1n) is 8.19. The second-order valence-electron chi connectivity index (χ2n) is 6.26. The number of nitrogens with zero attached hydrogens (tertiary/aromatic N) is 4. The van der Waals surface area contributed by atoms with Crippen molar-refractivity contribution in [3.8, 4) is 0 Å². The van der Waals surface area contributed by atoms with Gasteiger partial charge >= 0.3 is 0 Å². The number of nitro benzene ring substituents is 1. The molecule has 0 fully saturated rings. The van der Waals surface area contributed by atoms with Crippen LogP contribution in [0.15, 0.2) is 45.7 Å². The number of anilines is 2. The van der Waals surface area contributed by atoms with Crippen LogP contribution in [0.2, 0.25) is 0 Å². The first-order valence-corrected chi connectivity index (χ1v) is 8.98.